The summed E-state index contributed by atoms with van der Waals surface area (Å²) >= 11 is 0. The SMILES string of the molecule is CC(C)C(=O)NC1CC(=O)N(C2CNC2)C1. The number of nitrogens with zero attached hydrogens (tertiary/aromatic N) is 1. The highest BCUT2D eigenvalue weighted by atomic mass is 16.2. The van der Waals surface area contributed by atoms with Gasteiger partial charge >= 0.3 is 0 Å². The molecule has 90 valence electrons. The van der Waals surface area contributed by atoms with Crippen LogP contribution < -0.4 is 10.6 Å². The number of hydrogen-bond donors (Lipinski definition) is 2. The molecule has 2 saturated heterocycles. The van der Waals surface area contributed by atoms with Crippen LogP contribution >= 0.6 is 0 Å². The van der Waals surface area contributed by atoms with Crippen LogP contribution in [-0.4, -0.2) is 48.4 Å². The zero-order valence-electron chi connectivity index (χ0n) is 9.82. The van der Waals surface area contributed by atoms with Gasteiger partial charge in [-0.25, -0.2) is 0 Å². The van der Waals surface area contributed by atoms with Gasteiger partial charge in [0, 0.05) is 32.0 Å². The van der Waals surface area contributed by atoms with E-state index in [0.717, 1.165) is 13.1 Å². The van der Waals surface area contributed by atoms with Crippen LogP contribution in [0, 0.1) is 5.92 Å². The largest absolute Gasteiger partial charge is 0.351 e. The second kappa shape index (κ2) is 4.41. The van der Waals surface area contributed by atoms with Crippen LogP contribution in [0.4, 0.5) is 0 Å². The van der Waals surface area contributed by atoms with Gasteiger partial charge in [0.15, 0.2) is 0 Å². The van der Waals surface area contributed by atoms with Gasteiger partial charge in [-0.05, 0) is 0 Å². The summed E-state index contributed by atoms with van der Waals surface area (Å²) in [4.78, 5) is 25.1. The van der Waals surface area contributed by atoms with E-state index in [-0.39, 0.29) is 23.8 Å². The maximum atomic E-state index is 11.7. The lowest BCUT2D eigenvalue weighted by atomic mass is 10.1. The minimum Gasteiger partial charge on any atom is -0.351 e. The maximum Gasteiger partial charge on any atom is 0.225 e. The zero-order chi connectivity index (χ0) is 11.7. The number of nitrogens with one attached hydrogen (secondary N) is 2. The van der Waals surface area contributed by atoms with E-state index in [1.807, 2.05) is 18.7 Å². The first-order valence-electron chi connectivity index (χ1n) is 5.88. The van der Waals surface area contributed by atoms with E-state index in [1.54, 1.807) is 0 Å². The Kier molecular flexibility index (Phi) is 3.14. The minimum absolute atomic E-state index is 0.00278. The second-order valence-electron chi connectivity index (χ2n) is 4.92. The number of amides is 2. The topological polar surface area (TPSA) is 61.4 Å². The fourth-order valence-electron chi connectivity index (χ4n) is 2.04. The molecule has 1 unspecified atom stereocenters. The summed E-state index contributed by atoms with van der Waals surface area (Å²) in [5.74, 6) is 0.182. The summed E-state index contributed by atoms with van der Waals surface area (Å²) in [6, 6.07) is 0.344. The lowest BCUT2D eigenvalue weighted by Crippen LogP contribution is -2.58. The van der Waals surface area contributed by atoms with Crippen LogP contribution in [0.5, 0.6) is 0 Å². The fourth-order valence-corrected chi connectivity index (χ4v) is 2.04. The standard InChI is InChI=1S/C11H19N3O2/c1-7(2)11(16)13-8-3-10(15)14(6-8)9-4-12-5-9/h7-9,12H,3-6H2,1-2H3,(H,13,16). The van der Waals surface area contributed by atoms with E-state index in [2.05, 4.69) is 10.6 Å². The molecule has 0 aliphatic carbocycles. The molecule has 0 aromatic carbocycles. The van der Waals surface area contributed by atoms with Crippen LogP contribution in [0.25, 0.3) is 0 Å². The van der Waals surface area contributed by atoms with E-state index in [9.17, 15) is 9.59 Å². The van der Waals surface area contributed by atoms with Crippen LogP contribution in [-0.2, 0) is 9.59 Å². The van der Waals surface area contributed by atoms with Gasteiger partial charge in [0.2, 0.25) is 11.8 Å². The Bertz CT molecular complexity index is 300. The van der Waals surface area contributed by atoms with E-state index >= 15 is 0 Å². The molecule has 2 rings (SSSR count). The van der Waals surface area contributed by atoms with Crippen molar-refractivity contribution < 1.29 is 9.59 Å². The first-order chi connectivity index (χ1) is 7.58. The summed E-state index contributed by atoms with van der Waals surface area (Å²) in [6.45, 7) is 6.16. The monoisotopic (exact) mass is 225 g/mol. The van der Waals surface area contributed by atoms with Gasteiger partial charge in [-0.15, -0.1) is 0 Å². The van der Waals surface area contributed by atoms with E-state index in [0.29, 0.717) is 19.0 Å². The molecule has 16 heavy (non-hydrogen) atoms. The highest BCUT2D eigenvalue weighted by Crippen LogP contribution is 2.17. The van der Waals surface area contributed by atoms with Crippen molar-refractivity contribution in [2.45, 2.75) is 32.4 Å². The Balaban J connectivity index is 1.86. The molecule has 0 radical (unpaired) electrons. The molecule has 0 spiro atoms. The van der Waals surface area contributed by atoms with Crippen LogP contribution in [0.3, 0.4) is 0 Å². The van der Waals surface area contributed by atoms with Gasteiger partial charge in [-0.2, -0.15) is 0 Å². The Morgan fingerprint density at radius 3 is 2.69 bits per heavy atom. The van der Waals surface area contributed by atoms with Crippen LogP contribution in [0.2, 0.25) is 0 Å². The molecule has 5 heteroatoms. The molecular formula is C11H19N3O2. The van der Waals surface area contributed by atoms with E-state index < -0.39 is 0 Å². The predicted molar refractivity (Wildman–Crippen MR) is 59.8 cm³/mol. The molecule has 2 aliphatic rings. The van der Waals surface area contributed by atoms with Crippen molar-refractivity contribution in [2.75, 3.05) is 19.6 Å². The number of rotatable bonds is 3. The highest BCUT2D eigenvalue weighted by molar-refractivity contribution is 5.83. The third kappa shape index (κ3) is 2.19. The Morgan fingerprint density at radius 2 is 2.19 bits per heavy atom. The van der Waals surface area contributed by atoms with Crippen molar-refractivity contribution in [1.82, 2.24) is 15.5 Å². The molecule has 0 bridgehead atoms. The molecule has 0 aromatic heterocycles. The fraction of sp³-hybridized carbons (Fsp3) is 0.818. The van der Waals surface area contributed by atoms with Gasteiger partial charge in [0.25, 0.3) is 0 Å². The third-order valence-electron chi connectivity index (χ3n) is 3.23. The Morgan fingerprint density at radius 1 is 1.50 bits per heavy atom. The van der Waals surface area contributed by atoms with Gasteiger partial charge in [-0.1, -0.05) is 13.8 Å². The molecule has 2 amide bonds. The molecule has 2 N–H and O–H groups in total. The summed E-state index contributed by atoms with van der Waals surface area (Å²) in [6.07, 6.45) is 0.453. The summed E-state index contributed by atoms with van der Waals surface area (Å²) in [5.41, 5.74) is 0. The molecule has 5 nitrogen and oxygen atoms in total. The average Bonchev–Trinajstić information content (AvgIpc) is 2.44. The minimum atomic E-state index is -0.0190. The van der Waals surface area contributed by atoms with Crippen LogP contribution in [0.1, 0.15) is 20.3 Å². The molecule has 1 atom stereocenters. The second-order valence-corrected chi connectivity index (χ2v) is 4.92. The van der Waals surface area contributed by atoms with Crippen molar-refractivity contribution in [3.8, 4) is 0 Å². The first-order valence-corrected chi connectivity index (χ1v) is 5.88. The van der Waals surface area contributed by atoms with Gasteiger partial charge in [0.1, 0.15) is 0 Å². The molecule has 0 aromatic rings. The Labute approximate surface area is 95.6 Å². The number of likely N-dealkylation sites (tertiary alicyclic amines) is 1. The molecule has 2 fully saturated rings. The average molecular weight is 225 g/mol. The summed E-state index contributed by atoms with van der Waals surface area (Å²) < 4.78 is 0. The molecular weight excluding hydrogens is 206 g/mol. The molecule has 2 heterocycles. The van der Waals surface area contributed by atoms with Crippen molar-refractivity contribution in [2.24, 2.45) is 5.92 Å². The number of carbonyl (C=O) groups is 2. The lowest BCUT2D eigenvalue weighted by Gasteiger charge is -2.35. The Hall–Kier alpha value is -1.10. The number of carbonyl (C=O) groups excluding carboxylic acids is 2. The van der Waals surface area contributed by atoms with Crippen LogP contribution in [0.15, 0.2) is 0 Å². The van der Waals surface area contributed by atoms with Gasteiger partial charge in [-0.3, -0.25) is 9.59 Å². The normalized spacial score (nSPS) is 26.1. The van der Waals surface area contributed by atoms with Crippen molar-refractivity contribution in [3.63, 3.8) is 0 Å². The van der Waals surface area contributed by atoms with Gasteiger partial charge < -0.3 is 15.5 Å². The zero-order valence-corrected chi connectivity index (χ0v) is 9.82. The van der Waals surface area contributed by atoms with E-state index in [4.69, 9.17) is 0 Å². The summed E-state index contributed by atoms with van der Waals surface area (Å²) in [7, 11) is 0. The molecule has 2 aliphatic heterocycles. The maximum absolute atomic E-state index is 11.7. The van der Waals surface area contributed by atoms with Crippen molar-refractivity contribution in [1.29, 1.82) is 0 Å². The third-order valence-corrected chi connectivity index (χ3v) is 3.23. The smallest absolute Gasteiger partial charge is 0.225 e. The molecule has 0 saturated carbocycles. The first kappa shape index (κ1) is 11.4. The van der Waals surface area contributed by atoms with Crippen molar-refractivity contribution >= 4 is 11.8 Å². The van der Waals surface area contributed by atoms with Crippen molar-refractivity contribution in [3.05, 3.63) is 0 Å². The predicted octanol–water partition coefficient (Wildman–Crippen LogP) is -0.669. The quantitative estimate of drug-likeness (QED) is 0.670. The van der Waals surface area contributed by atoms with E-state index in [1.165, 1.54) is 0 Å². The lowest BCUT2D eigenvalue weighted by molar-refractivity contribution is -0.130. The van der Waals surface area contributed by atoms with Gasteiger partial charge in [0.05, 0.1) is 12.1 Å². The number of hydrogen-bond acceptors (Lipinski definition) is 3. The highest BCUT2D eigenvalue weighted by Gasteiger charge is 2.37. The summed E-state index contributed by atoms with van der Waals surface area (Å²) in [5, 5.41) is 6.07.